The van der Waals surface area contributed by atoms with E-state index < -0.39 is 0 Å². The highest BCUT2D eigenvalue weighted by Gasteiger charge is 2.35. The molecule has 2 heterocycles. The molecule has 4 nitrogen and oxygen atoms in total. The van der Waals surface area contributed by atoms with E-state index in [1.165, 1.54) is 32.4 Å². The third-order valence-electron chi connectivity index (χ3n) is 5.07. The monoisotopic (exact) mass is 279 g/mol. The van der Waals surface area contributed by atoms with Gasteiger partial charge in [-0.05, 0) is 58.4 Å². The number of hydrogen-bond acceptors (Lipinski definition) is 3. The molecular weight excluding hydrogens is 250 g/mol. The fourth-order valence-corrected chi connectivity index (χ4v) is 3.60. The Morgan fingerprint density at radius 2 is 2.00 bits per heavy atom. The van der Waals surface area contributed by atoms with Gasteiger partial charge >= 0.3 is 0 Å². The Labute approximate surface area is 122 Å². The summed E-state index contributed by atoms with van der Waals surface area (Å²) in [4.78, 5) is 17.2. The summed E-state index contributed by atoms with van der Waals surface area (Å²) in [6, 6.07) is 1.38. The number of hydrogen-bond donors (Lipinski definition) is 1. The first-order chi connectivity index (χ1) is 9.63. The van der Waals surface area contributed by atoms with Gasteiger partial charge in [0, 0.05) is 31.7 Å². The molecule has 3 aliphatic rings. The highest BCUT2D eigenvalue weighted by atomic mass is 16.2. The molecule has 1 aliphatic carbocycles. The number of nitrogens with one attached hydrogen (secondary N) is 1. The van der Waals surface area contributed by atoms with Gasteiger partial charge in [-0.2, -0.15) is 0 Å². The second-order valence-electron chi connectivity index (χ2n) is 7.16. The smallest absolute Gasteiger partial charge is 0.239 e. The number of rotatable bonds is 5. The van der Waals surface area contributed by atoms with Crippen LogP contribution in [0, 0.1) is 5.92 Å². The van der Waals surface area contributed by atoms with Crippen LogP contribution in [0.25, 0.3) is 0 Å². The van der Waals surface area contributed by atoms with Crippen molar-refractivity contribution in [1.29, 1.82) is 0 Å². The fraction of sp³-hybridized carbons (Fsp3) is 0.938. The average Bonchev–Trinajstić information content (AvgIpc) is 3.10. The molecular formula is C16H29N3O. The van der Waals surface area contributed by atoms with Crippen molar-refractivity contribution in [3.63, 3.8) is 0 Å². The van der Waals surface area contributed by atoms with E-state index in [1.54, 1.807) is 0 Å². The van der Waals surface area contributed by atoms with Crippen molar-refractivity contribution < 1.29 is 4.79 Å². The van der Waals surface area contributed by atoms with Gasteiger partial charge in [0.1, 0.15) is 0 Å². The van der Waals surface area contributed by atoms with E-state index in [-0.39, 0.29) is 6.04 Å². The second kappa shape index (κ2) is 6.02. The fourth-order valence-electron chi connectivity index (χ4n) is 3.60. The Bertz CT molecular complexity index is 354. The van der Waals surface area contributed by atoms with Gasteiger partial charge < -0.3 is 15.1 Å². The van der Waals surface area contributed by atoms with E-state index in [0.717, 1.165) is 25.9 Å². The van der Waals surface area contributed by atoms with Crippen LogP contribution < -0.4 is 5.32 Å². The molecule has 2 saturated heterocycles. The van der Waals surface area contributed by atoms with Crippen LogP contribution in [0.2, 0.25) is 0 Å². The maximum absolute atomic E-state index is 12.5. The predicted octanol–water partition coefficient (Wildman–Crippen LogP) is 1.46. The van der Waals surface area contributed by atoms with Crippen molar-refractivity contribution >= 4 is 5.91 Å². The number of carbonyl (C=O) groups is 1. The molecule has 1 saturated carbocycles. The molecule has 0 bridgehead atoms. The van der Waals surface area contributed by atoms with E-state index in [4.69, 9.17) is 0 Å². The molecule has 1 amide bonds. The van der Waals surface area contributed by atoms with Gasteiger partial charge in [0.2, 0.25) is 5.91 Å². The largest absolute Gasteiger partial charge is 0.341 e. The number of nitrogens with zero attached hydrogens (tertiary/aromatic N) is 2. The molecule has 2 atom stereocenters. The first-order valence-corrected chi connectivity index (χ1v) is 8.42. The molecule has 3 rings (SSSR count). The lowest BCUT2D eigenvalue weighted by molar-refractivity contribution is -0.136. The Morgan fingerprint density at radius 1 is 1.20 bits per heavy atom. The van der Waals surface area contributed by atoms with Crippen LogP contribution in [0.5, 0.6) is 0 Å². The van der Waals surface area contributed by atoms with Crippen molar-refractivity contribution in [3.05, 3.63) is 0 Å². The molecule has 20 heavy (non-hydrogen) atoms. The Morgan fingerprint density at radius 3 is 2.65 bits per heavy atom. The van der Waals surface area contributed by atoms with Crippen LogP contribution in [-0.4, -0.2) is 60.0 Å². The Kier molecular flexibility index (Phi) is 4.32. The van der Waals surface area contributed by atoms with Crippen LogP contribution in [0.3, 0.4) is 0 Å². The summed E-state index contributed by atoms with van der Waals surface area (Å²) >= 11 is 0. The standard InChI is InChI=1S/C16H29N3O/c1-12(2)18-9-7-13(10-18)11-19-8-3-4-15(16(19)20)17-14-5-6-14/h12-15,17H,3-11H2,1-2H3. The summed E-state index contributed by atoms with van der Waals surface area (Å²) in [5.74, 6) is 1.05. The lowest BCUT2D eigenvalue weighted by Gasteiger charge is -2.34. The quantitative estimate of drug-likeness (QED) is 0.827. The van der Waals surface area contributed by atoms with E-state index in [9.17, 15) is 4.79 Å². The van der Waals surface area contributed by atoms with E-state index in [2.05, 4.69) is 29.0 Å². The molecule has 2 aliphatic heterocycles. The zero-order valence-electron chi connectivity index (χ0n) is 13.0. The Balaban J connectivity index is 1.50. The van der Waals surface area contributed by atoms with E-state index >= 15 is 0 Å². The summed E-state index contributed by atoms with van der Waals surface area (Å²) in [6.45, 7) is 8.86. The van der Waals surface area contributed by atoms with Crippen molar-refractivity contribution in [2.24, 2.45) is 5.92 Å². The topological polar surface area (TPSA) is 35.6 Å². The van der Waals surface area contributed by atoms with Gasteiger partial charge in [0.15, 0.2) is 0 Å². The molecule has 1 N–H and O–H groups in total. The maximum Gasteiger partial charge on any atom is 0.239 e. The molecule has 0 aromatic heterocycles. The summed E-state index contributed by atoms with van der Waals surface area (Å²) < 4.78 is 0. The van der Waals surface area contributed by atoms with Gasteiger partial charge in [-0.1, -0.05) is 0 Å². The predicted molar refractivity (Wildman–Crippen MR) is 80.6 cm³/mol. The van der Waals surface area contributed by atoms with Crippen LogP contribution in [-0.2, 0) is 4.79 Å². The van der Waals surface area contributed by atoms with E-state index in [0.29, 0.717) is 23.9 Å². The molecule has 2 unspecified atom stereocenters. The summed E-state index contributed by atoms with van der Waals surface area (Å²) in [7, 11) is 0. The van der Waals surface area contributed by atoms with Crippen LogP contribution in [0.15, 0.2) is 0 Å². The zero-order valence-corrected chi connectivity index (χ0v) is 13.0. The SMILES string of the molecule is CC(C)N1CCC(CN2CCCC(NC3CC3)C2=O)C1. The third-order valence-corrected chi connectivity index (χ3v) is 5.07. The third kappa shape index (κ3) is 3.34. The zero-order chi connectivity index (χ0) is 14.1. The van der Waals surface area contributed by atoms with Crippen molar-refractivity contribution in [3.8, 4) is 0 Å². The normalized spacial score (nSPS) is 32.4. The van der Waals surface area contributed by atoms with Crippen molar-refractivity contribution in [2.75, 3.05) is 26.2 Å². The minimum atomic E-state index is 0.110. The lowest BCUT2D eigenvalue weighted by atomic mass is 10.0. The van der Waals surface area contributed by atoms with E-state index in [1.807, 2.05) is 0 Å². The first-order valence-electron chi connectivity index (χ1n) is 8.42. The molecule has 0 spiro atoms. The lowest BCUT2D eigenvalue weighted by Crippen LogP contribution is -2.52. The minimum absolute atomic E-state index is 0.110. The first kappa shape index (κ1) is 14.3. The van der Waals surface area contributed by atoms with Gasteiger partial charge in [-0.15, -0.1) is 0 Å². The summed E-state index contributed by atoms with van der Waals surface area (Å²) in [5.41, 5.74) is 0. The van der Waals surface area contributed by atoms with Crippen LogP contribution in [0.4, 0.5) is 0 Å². The van der Waals surface area contributed by atoms with Gasteiger partial charge in [0.25, 0.3) is 0 Å². The van der Waals surface area contributed by atoms with Gasteiger partial charge in [0.05, 0.1) is 6.04 Å². The molecule has 114 valence electrons. The molecule has 0 aromatic rings. The highest BCUT2D eigenvalue weighted by molar-refractivity contribution is 5.82. The molecule has 0 aromatic carbocycles. The minimum Gasteiger partial charge on any atom is -0.341 e. The Hall–Kier alpha value is -0.610. The molecule has 0 radical (unpaired) electrons. The molecule has 4 heteroatoms. The number of likely N-dealkylation sites (tertiary alicyclic amines) is 2. The number of amides is 1. The van der Waals surface area contributed by atoms with Crippen LogP contribution in [0.1, 0.15) is 46.0 Å². The number of piperidine rings is 1. The maximum atomic E-state index is 12.5. The number of carbonyl (C=O) groups excluding carboxylic acids is 1. The second-order valence-corrected chi connectivity index (χ2v) is 7.16. The average molecular weight is 279 g/mol. The van der Waals surface area contributed by atoms with Crippen LogP contribution >= 0.6 is 0 Å². The van der Waals surface area contributed by atoms with Gasteiger partial charge in [-0.25, -0.2) is 0 Å². The van der Waals surface area contributed by atoms with Gasteiger partial charge in [-0.3, -0.25) is 4.79 Å². The summed E-state index contributed by atoms with van der Waals surface area (Å²) in [6.07, 6.45) is 5.97. The van der Waals surface area contributed by atoms with Crippen molar-refractivity contribution in [1.82, 2.24) is 15.1 Å². The molecule has 3 fully saturated rings. The summed E-state index contributed by atoms with van der Waals surface area (Å²) in [5, 5.41) is 3.52. The van der Waals surface area contributed by atoms with Crippen molar-refractivity contribution in [2.45, 2.75) is 64.1 Å². The highest BCUT2D eigenvalue weighted by Crippen LogP contribution is 2.24.